The molecule has 0 spiro atoms. The molecule has 19 heavy (non-hydrogen) atoms. The van der Waals surface area contributed by atoms with E-state index in [1.54, 1.807) is 0 Å². The van der Waals surface area contributed by atoms with Crippen molar-refractivity contribution in [3.05, 3.63) is 70.3 Å². The molecule has 0 saturated carbocycles. The molecular weight excluding hydrogens is 230 g/mol. The quantitative estimate of drug-likeness (QED) is 0.866. The predicted molar refractivity (Wildman–Crippen MR) is 82.3 cm³/mol. The van der Waals surface area contributed by atoms with Gasteiger partial charge in [0, 0.05) is 6.04 Å². The lowest BCUT2D eigenvalue weighted by molar-refractivity contribution is 0.647. The van der Waals surface area contributed by atoms with Crippen LogP contribution >= 0.6 is 0 Å². The average Bonchev–Trinajstić information content (AvgIpc) is 2.39. The van der Waals surface area contributed by atoms with Crippen molar-refractivity contribution in [2.75, 3.05) is 0 Å². The molecule has 1 unspecified atom stereocenters. The highest BCUT2D eigenvalue weighted by Gasteiger charge is 2.09. The Balaban J connectivity index is 2.05. The van der Waals surface area contributed by atoms with Crippen molar-refractivity contribution in [3.8, 4) is 0 Å². The summed E-state index contributed by atoms with van der Waals surface area (Å²) in [5.41, 5.74) is 12.9. The van der Waals surface area contributed by atoms with E-state index in [1.807, 2.05) is 0 Å². The second-order valence-electron chi connectivity index (χ2n) is 5.49. The Bertz CT molecular complexity index is 557. The third kappa shape index (κ3) is 3.68. The Labute approximate surface area is 116 Å². The van der Waals surface area contributed by atoms with Gasteiger partial charge in [-0.15, -0.1) is 0 Å². The number of hydrogen-bond donors (Lipinski definition) is 1. The molecule has 0 saturated heterocycles. The van der Waals surface area contributed by atoms with Crippen molar-refractivity contribution in [2.24, 2.45) is 5.73 Å². The van der Waals surface area contributed by atoms with Gasteiger partial charge in [0.15, 0.2) is 0 Å². The van der Waals surface area contributed by atoms with Crippen LogP contribution in [0.5, 0.6) is 0 Å². The van der Waals surface area contributed by atoms with Crippen LogP contribution in [-0.4, -0.2) is 0 Å². The standard InChI is InChI=1S/C18H23N/c1-13-5-4-6-16(11-13)9-10-18(19)17-12-14(2)7-8-15(17)3/h4-8,11-12,18H,9-10,19H2,1-3H3. The lowest BCUT2D eigenvalue weighted by Crippen LogP contribution is -2.13. The van der Waals surface area contributed by atoms with Gasteiger partial charge in [-0.05, 0) is 50.3 Å². The number of benzene rings is 2. The van der Waals surface area contributed by atoms with Gasteiger partial charge in [-0.1, -0.05) is 53.6 Å². The molecule has 0 heterocycles. The molecule has 0 aromatic heterocycles. The maximum absolute atomic E-state index is 6.35. The summed E-state index contributed by atoms with van der Waals surface area (Å²) in [7, 11) is 0. The van der Waals surface area contributed by atoms with E-state index in [2.05, 4.69) is 63.2 Å². The third-order valence-electron chi connectivity index (χ3n) is 3.66. The summed E-state index contributed by atoms with van der Waals surface area (Å²) < 4.78 is 0. The Morgan fingerprint density at radius 2 is 1.68 bits per heavy atom. The third-order valence-corrected chi connectivity index (χ3v) is 3.66. The largest absolute Gasteiger partial charge is 0.324 e. The summed E-state index contributed by atoms with van der Waals surface area (Å²) in [4.78, 5) is 0. The summed E-state index contributed by atoms with van der Waals surface area (Å²) in [5.74, 6) is 0. The Morgan fingerprint density at radius 1 is 0.947 bits per heavy atom. The van der Waals surface area contributed by atoms with Gasteiger partial charge >= 0.3 is 0 Å². The van der Waals surface area contributed by atoms with Crippen LogP contribution in [0.15, 0.2) is 42.5 Å². The van der Waals surface area contributed by atoms with E-state index in [0.29, 0.717) is 0 Å². The van der Waals surface area contributed by atoms with Gasteiger partial charge in [-0.2, -0.15) is 0 Å². The molecule has 2 aromatic carbocycles. The second-order valence-corrected chi connectivity index (χ2v) is 5.49. The van der Waals surface area contributed by atoms with E-state index in [-0.39, 0.29) is 6.04 Å². The van der Waals surface area contributed by atoms with E-state index in [4.69, 9.17) is 5.73 Å². The van der Waals surface area contributed by atoms with Gasteiger partial charge in [-0.3, -0.25) is 0 Å². The van der Waals surface area contributed by atoms with Gasteiger partial charge in [0.05, 0.1) is 0 Å². The van der Waals surface area contributed by atoms with Crippen LogP contribution < -0.4 is 5.73 Å². The van der Waals surface area contributed by atoms with Crippen LogP contribution in [0.3, 0.4) is 0 Å². The van der Waals surface area contributed by atoms with Gasteiger partial charge in [0.1, 0.15) is 0 Å². The molecule has 0 bridgehead atoms. The van der Waals surface area contributed by atoms with E-state index >= 15 is 0 Å². The zero-order valence-electron chi connectivity index (χ0n) is 12.1. The Morgan fingerprint density at radius 3 is 2.42 bits per heavy atom. The van der Waals surface area contributed by atoms with Crippen LogP contribution in [0.4, 0.5) is 0 Å². The fourth-order valence-electron chi connectivity index (χ4n) is 2.50. The maximum Gasteiger partial charge on any atom is 0.0300 e. The molecule has 0 fully saturated rings. The van der Waals surface area contributed by atoms with Crippen LogP contribution in [0.25, 0.3) is 0 Å². The van der Waals surface area contributed by atoms with Crippen molar-refractivity contribution < 1.29 is 0 Å². The van der Waals surface area contributed by atoms with Crippen molar-refractivity contribution >= 4 is 0 Å². The minimum atomic E-state index is 0.125. The molecule has 1 atom stereocenters. The molecule has 1 heteroatoms. The topological polar surface area (TPSA) is 26.0 Å². The highest BCUT2D eigenvalue weighted by Crippen LogP contribution is 2.21. The van der Waals surface area contributed by atoms with Gasteiger partial charge in [0.25, 0.3) is 0 Å². The van der Waals surface area contributed by atoms with Crippen molar-refractivity contribution in [1.82, 2.24) is 0 Å². The lowest BCUT2D eigenvalue weighted by atomic mass is 9.94. The molecule has 0 aliphatic carbocycles. The number of rotatable bonds is 4. The highest BCUT2D eigenvalue weighted by molar-refractivity contribution is 5.33. The van der Waals surface area contributed by atoms with Crippen molar-refractivity contribution in [3.63, 3.8) is 0 Å². The highest BCUT2D eigenvalue weighted by atomic mass is 14.6. The first kappa shape index (κ1) is 13.8. The number of hydrogen-bond acceptors (Lipinski definition) is 1. The molecule has 100 valence electrons. The zero-order valence-corrected chi connectivity index (χ0v) is 12.1. The average molecular weight is 253 g/mol. The fourth-order valence-corrected chi connectivity index (χ4v) is 2.50. The van der Waals surface area contributed by atoms with E-state index in [0.717, 1.165) is 12.8 Å². The van der Waals surface area contributed by atoms with Gasteiger partial charge < -0.3 is 5.73 Å². The first-order valence-electron chi connectivity index (χ1n) is 6.94. The van der Waals surface area contributed by atoms with Crippen LogP contribution in [0.1, 0.15) is 40.3 Å². The summed E-state index contributed by atoms with van der Waals surface area (Å²) in [6.07, 6.45) is 2.03. The second kappa shape index (κ2) is 6.03. The van der Waals surface area contributed by atoms with Gasteiger partial charge in [-0.25, -0.2) is 0 Å². The van der Waals surface area contributed by atoms with Crippen molar-refractivity contribution in [1.29, 1.82) is 0 Å². The molecule has 2 aromatic rings. The summed E-state index contributed by atoms with van der Waals surface area (Å²) in [6.45, 7) is 6.39. The van der Waals surface area contributed by atoms with Crippen LogP contribution in [0.2, 0.25) is 0 Å². The molecule has 0 aliphatic rings. The van der Waals surface area contributed by atoms with Crippen molar-refractivity contribution in [2.45, 2.75) is 39.7 Å². The Kier molecular flexibility index (Phi) is 4.39. The SMILES string of the molecule is Cc1cccc(CCC(N)c2cc(C)ccc2C)c1. The summed E-state index contributed by atoms with van der Waals surface area (Å²) in [5, 5.41) is 0. The van der Waals surface area contributed by atoms with Crippen LogP contribution in [-0.2, 0) is 6.42 Å². The molecule has 0 radical (unpaired) electrons. The Hall–Kier alpha value is -1.60. The number of nitrogens with two attached hydrogens (primary N) is 1. The van der Waals surface area contributed by atoms with E-state index in [9.17, 15) is 0 Å². The maximum atomic E-state index is 6.35. The molecule has 1 nitrogen and oxygen atoms in total. The first-order valence-corrected chi connectivity index (χ1v) is 6.94. The monoisotopic (exact) mass is 253 g/mol. The summed E-state index contributed by atoms with van der Waals surface area (Å²) in [6, 6.07) is 15.3. The molecule has 2 N–H and O–H groups in total. The lowest BCUT2D eigenvalue weighted by Gasteiger charge is -2.15. The zero-order chi connectivity index (χ0) is 13.8. The number of aryl methyl sites for hydroxylation is 4. The van der Waals surface area contributed by atoms with Crippen LogP contribution in [0, 0.1) is 20.8 Å². The summed E-state index contributed by atoms with van der Waals surface area (Å²) >= 11 is 0. The normalized spacial score (nSPS) is 12.4. The molecule has 0 amide bonds. The predicted octanol–water partition coefficient (Wildman–Crippen LogP) is 4.24. The molecule has 0 aliphatic heterocycles. The smallest absolute Gasteiger partial charge is 0.0300 e. The molecular formula is C18H23N. The van der Waals surface area contributed by atoms with E-state index < -0.39 is 0 Å². The van der Waals surface area contributed by atoms with E-state index in [1.165, 1.54) is 27.8 Å². The minimum absolute atomic E-state index is 0.125. The molecule has 2 rings (SSSR count). The fraction of sp³-hybridized carbons (Fsp3) is 0.333. The van der Waals surface area contributed by atoms with Gasteiger partial charge in [0.2, 0.25) is 0 Å². The minimum Gasteiger partial charge on any atom is -0.324 e. The first-order chi connectivity index (χ1) is 9.06.